The third-order valence-electron chi connectivity index (χ3n) is 5.48. The molecule has 2 atom stereocenters. The number of halogens is 1. The molecule has 0 aromatic heterocycles. The lowest BCUT2D eigenvalue weighted by molar-refractivity contribution is -0.139. The van der Waals surface area contributed by atoms with Crippen molar-refractivity contribution in [1.82, 2.24) is 0 Å². The van der Waals surface area contributed by atoms with E-state index in [9.17, 15) is 14.7 Å². The molecule has 29 heavy (non-hydrogen) atoms. The smallest absolute Gasteiger partial charge is 0.264 e. The number of anilines is 1. The number of amides is 1. The van der Waals surface area contributed by atoms with Gasteiger partial charge in [0.05, 0.1) is 18.2 Å². The minimum atomic E-state index is -1.93. The topological polar surface area (TPSA) is 57.6 Å². The highest BCUT2D eigenvalue weighted by molar-refractivity contribution is 6.30. The Labute approximate surface area is 174 Å². The summed E-state index contributed by atoms with van der Waals surface area (Å²) < 4.78 is 0. The predicted octanol–water partition coefficient (Wildman–Crippen LogP) is 4.59. The highest BCUT2D eigenvalue weighted by Crippen LogP contribution is 2.46. The molecule has 0 unspecified atom stereocenters. The number of benzene rings is 3. The summed E-state index contributed by atoms with van der Waals surface area (Å²) in [6.45, 7) is 1.86. The fourth-order valence-corrected chi connectivity index (χ4v) is 4.11. The number of carbonyl (C=O) groups is 2. The highest BCUT2D eigenvalue weighted by atomic mass is 35.5. The third kappa shape index (κ3) is 3.24. The van der Waals surface area contributed by atoms with Crippen LogP contribution in [0.15, 0.2) is 78.9 Å². The number of aliphatic hydroxyl groups is 1. The van der Waals surface area contributed by atoms with Crippen molar-refractivity contribution < 1.29 is 14.7 Å². The van der Waals surface area contributed by atoms with Gasteiger partial charge >= 0.3 is 0 Å². The second-order valence-corrected chi connectivity index (χ2v) is 7.69. The monoisotopic (exact) mass is 405 g/mol. The number of ketones is 1. The summed E-state index contributed by atoms with van der Waals surface area (Å²) in [5.41, 5.74) is 0.428. The van der Waals surface area contributed by atoms with Crippen LogP contribution in [-0.2, 0) is 16.9 Å². The van der Waals surface area contributed by atoms with Gasteiger partial charge in [-0.2, -0.15) is 0 Å². The summed E-state index contributed by atoms with van der Waals surface area (Å²) in [6, 6.07) is 23.0. The van der Waals surface area contributed by atoms with Crippen LogP contribution in [-0.4, -0.2) is 16.8 Å². The Hall–Kier alpha value is -2.95. The van der Waals surface area contributed by atoms with E-state index < -0.39 is 17.4 Å². The number of hydrogen-bond donors (Lipinski definition) is 1. The fraction of sp³-hybridized carbons (Fsp3) is 0.167. The molecule has 0 bridgehead atoms. The molecule has 0 aliphatic carbocycles. The van der Waals surface area contributed by atoms with Gasteiger partial charge in [-0.25, -0.2) is 0 Å². The average molecular weight is 406 g/mol. The first-order chi connectivity index (χ1) is 13.9. The van der Waals surface area contributed by atoms with Crippen molar-refractivity contribution in [1.29, 1.82) is 0 Å². The van der Waals surface area contributed by atoms with E-state index in [-0.39, 0.29) is 12.3 Å². The lowest BCUT2D eigenvalue weighted by atomic mass is 9.79. The van der Waals surface area contributed by atoms with Crippen molar-refractivity contribution >= 4 is 29.0 Å². The van der Waals surface area contributed by atoms with Crippen LogP contribution >= 0.6 is 11.6 Å². The second-order valence-electron chi connectivity index (χ2n) is 7.26. The molecule has 146 valence electrons. The molecular weight excluding hydrogens is 386 g/mol. The van der Waals surface area contributed by atoms with E-state index in [4.69, 9.17) is 11.6 Å². The Balaban J connectivity index is 1.74. The summed E-state index contributed by atoms with van der Waals surface area (Å²) in [7, 11) is 0. The number of hydrogen-bond acceptors (Lipinski definition) is 3. The second kappa shape index (κ2) is 7.47. The molecule has 0 fully saturated rings. The lowest BCUT2D eigenvalue weighted by Gasteiger charge is -2.28. The molecule has 1 heterocycles. The largest absolute Gasteiger partial charge is 0.375 e. The van der Waals surface area contributed by atoms with Gasteiger partial charge < -0.3 is 10.0 Å². The van der Waals surface area contributed by atoms with Crippen LogP contribution in [0.1, 0.15) is 28.4 Å². The van der Waals surface area contributed by atoms with Gasteiger partial charge in [0, 0.05) is 16.1 Å². The van der Waals surface area contributed by atoms with Crippen molar-refractivity contribution in [2.24, 2.45) is 5.92 Å². The summed E-state index contributed by atoms with van der Waals surface area (Å²) in [4.78, 5) is 28.0. The zero-order valence-corrected chi connectivity index (χ0v) is 16.6. The van der Waals surface area contributed by atoms with Gasteiger partial charge in [-0.1, -0.05) is 79.2 Å². The normalized spacial score (nSPS) is 19.1. The van der Waals surface area contributed by atoms with E-state index in [1.165, 1.54) is 4.90 Å². The average Bonchev–Trinajstić information content (AvgIpc) is 2.96. The van der Waals surface area contributed by atoms with Gasteiger partial charge in [0.15, 0.2) is 11.4 Å². The Morgan fingerprint density at radius 3 is 2.45 bits per heavy atom. The van der Waals surface area contributed by atoms with Crippen LogP contribution in [0.5, 0.6) is 0 Å². The first kappa shape index (κ1) is 19.4. The number of para-hydroxylation sites is 1. The van der Waals surface area contributed by atoms with Crippen LogP contribution in [0, 0.1) is 5.92 Å². The van der Waals surface area contributed by atoms with Gasteiger partial charge in [0.1, 0.15) is 0 Å². The van der Waals surface area contributed by atoms with E-state index in [1.807, 2.05) is 24.3 Å². The molecule has 0 spiro atoms. The van der Waals surface area contributed by atoms with Crippen LogP contribution < -0.4 is 4.90 Å². The minimum absolute atomic E-state index is 0.255. The zero-order valence-electron chi connectivity index (χ0n) is 15.9. The molecule has 5 heteroatoms. The van der Waals surface area contributed by atoms with Crippen molar-refractivity contribution in [3.63, 3.8) is 0 Å². The van der Waals surface area contributed by atoms with Gasteiger partial charge in [0.2, 0.25) is 0 Å². The molecule has 1 amide bonds. The Morgan fingerprint density at radius 2 is 1.72 bits per heavy atom. The lowest BCUT2D eigenvalue weighted by Crippen LogP contribution is -2.47. The van der Waals surface area contributed by atoms with E-state index in [2.05, 4.69) is 0 Å². The number of nitrogens with zero attached hydrogens (tertiary/aromatic N) is 1. The summed E-state index contributed by atoms with van der Waals surface area (Å²) in [5.74, 6) is -1.72. The Bertz CT molecular complexity index is 1080. The van der Waals surface area contributed by atoms with Crippen molar-refractivity contribution in [2.45, 2.75) is 19.1 Å². The van der Waals surface area contributed by atoms with Gasteiger partial charge in [0.25, 0.3) is 5.91 Å². The maximum atomic E-state index is 13.4. The molecule has 3 aromatic carbocycles. The SMILES string of the molecule is C[C@@H](C(=O)c1ccccc1)[C@]1(O)C(=O)N(Cc2cccc(Cl)c2)c2ccccc21. The summed E-state index contributed by atoms with van der Waals surface area (Å²) in [5, 5.41) is 12.2. The quantitative estimate of drug-likeness (QED) is 0.631. The number of rotatable bonds is 5. The van der Waals surface area contributed by atoms with E-state index >= 15 is 0 Å². The molecule has 4 nitrogen and oxygen atoms in total. The maximum Gasteiger partial charge on any atom is 0.264 e. The molecule has 3 aromatic rings. The Morgan fingerprint density at radius 1 is 1.03 bits per heavy atom. The number of Topliss-reactive ketones (excluding diaryl/α,β-unsaturated/α-hetero) is 1. The van der Waals surface area contributed by atoms with Crippen LogP contribution in [0.3, 0.4) is 0 Å². The van der Waals surface area contributed by atoms with E-state index in [0.717, 1.165) is 5.56 Å². The van der Waals surface area contributed by atoms with Crippen LogP contribution in [0.25, 0.3) is 0 Å². The standard InChI is InChI=1S/C24H20ClNO3/c1-16(22(27)18-9-3-2-4-10-18)24(29)20-12-5-6-13-21(20)26(23(24)28)15-17-8-7-11-19(25)14-17/h2-14,16,29H,15H2,1H3/t16-,24+/m0/s1. The predicted molar refractivity (Wildman–Crippen MR) is 113 cm³/mol. The molecule has 4 rings (SSSR count). The van der Waals surface area contributed by atoms with Crippen LogP contribution in [0.2, 0.25) is 5.02 Å². The first-order valence-corrected chi connectivity index (χ1v) is 9.78. The third-order valence-corrected chi connectivity index (χ3v) is 5.72. The van der Waals surface area contributed by atoms with Gasteiger partial charge in [-0.15, -0.1) is 0 Å². The summed E-state index contributed by atoms with van der Waals surface area (Å²) >= 11 is 6.09. The molecule has 1 N–H and O–H groups in total. The minimum Gasteiger partial charge on any atom is -0.375 e. The van der Waals surface area contributed by atoms with Crippen molar-refractivity contribution in [3.8, 4) is 0 Å². The van der Waals surface area contributed by atoms with Crippen LogP contribution in [0.4, 0.5) is 5.69 Å². The van der Waals surface area contributed by atoms with E-state index in [0.29, 0.717) is 21.8 Å². The maximum absolute atomic E-state index is 13.4. The zero-order chi connectivity index (χ0) is 20.6. The molecule has 1 aliphatic heterocycles. The number of fused-ring (bicyclic) bond motifs is 1. The molecule has 0 saturated carbocycles. The first-order valence-electron chi connectivity index (χ1n) is 9.40. The number of carbonyl (C=O) groups excluding carboxylic acids is 2. The van der Waals surface area contributed by atoms with Crippen molar-refractivity contribution in [3.05, 3.63) is 101 Å². The molecule has 1 aliphatic rings. The molecule has 0 radical (unpaired) electrons. The van der Waals surface area contributed by atoms with Gasteiger partial charge in [-0.3, -0.25) is 9.59 Å². The summed E-state index contributed by atoms with van der Waals surface area (Å²) in [6.07, 6.45) is 0. The highest BCUT2D eigenvalue weighted by Gasteiger charge is 2.55. The van der Waals surface area contributed by atoms with Gasteiger partial charge in [-0.05, 0) is 23.8 Å². The Kier molecular flexibility index (Phi) is 4.99. The molecular formula is C24H20ClNO3. The molecule has 0 saturated heterocycles. The fourth-order valence-electron chi connectivity index (χ4n) is 3.90. The van der Waals surface area contributed by atoms with Crippen molar-refractivity contribution in [2.75, 3.05) is 4.90 Å². The van der Waals surface area contributed by atoms with E-state index in [1.54, 1.807) is 61.5 Å².